The molecule has 0 radical (unpaired) electrons. The van der Waals surface area contributed by atoms with E-state index in [1.165, 1.54) is 6.42 Å². The third-order valence-corrected chi connectivity index (χ3v) is 7.15. The van der Waals surface area contributed by atoms with Crippen LogP contribution in [0.4, 0.5) is 0 Å². The van der Waals surface area contributed by atoms with Crippen LogP contribution in [-0.2, 0) is 10.0 Å². The molecule has 1 aliphatic heterocycles. The highest BCUT2D eigenvalue weighted by Gasteiger charge is 2.37. The van der Waals surface area contributed by atoms with Crippen molar-refractivity contribution in [3.63, 3.8) is 0 Å². The number of hydrogen-bond donors (Lipinski definition) is 1. The summed E-state index contributed by atoms with van der Waals surface area (Å²) in [4.78, 5) is 0. The number of hydrogen-bond acceptors (Lipinski definition) is 3. The summed E-state index contributed by atoms with van der Waals surface area (Å²) in [5, 5.41) is -0.117. The van der Waals surface area contributed by atoms with Gasteiger partial charge in [-0.25, -0.2) is 12.7 Å². The summed E-state index contributed by atoms with van der Waals surface area (Å²) < 4.78 is 26.8. The Bertz CT molecular complexity index is 366. The molecule has 0 amide bonds. The zero-order valence-corrected chi connectivity index (χ0v) is 12.2. The average molecular weight is 274 g/mol. The zero-order valence-electron chi connectivity index (χ0n) is 11.4. The highest BCUT2D eigenvalue weighted by atomic mass is 32.2. The first-order chi connectivity index (χ1) is 8.48. The first kappa shape index (κ1) is 14.3. The second kappa shape index (κ2) is 5.47. The Morgan fingerprint density at radius 3 is 2.22 bits per heavy atom. The number of sulfonamides is 1. The van der Waals surface area contributed by atoms with Gasteiger partial charge in [0.2, 0.25) is 10.0 Å². The van der Waals surface area contributed by atoms with E-state index in [2.05, 4.69) is 6.92 Å². The van der Waals surface area contributed by atoms with Crippen molar-refractivity contribution in [2.75, 3.05) is 19.6 Å². The predicted molar refractivity (Wildman–Crippen MR) is 73.8 cm³/mol. The van der Waals surface area contributed by atoms with Gasteiger partial charge < -0.3 is 5.73 Å². The van der Waals surface area contributed by atoms with Crippen LogP contribution < -0.4 is 5.73 Å². The molecule has 1 aliphatic carbocycles. The number of nitrogens with zero attached hydrogens (tertiary/aromatic N) is 1. The van der Waals surface area contributed by atoms with Crippen molar-refractivity contribution in [2.24, 2.45) is 11.1 Å². The third-order valence-electron chi connectivity index (χ3n) is 4.76. The molecule has 0 aromatic heterocycles. The van der Waals surface area contributed by atoms with Crippen LogP contribution in [0.5, 0.6) is 0 Å². The minimum absolute atomic E-state index is 0.117. The molecule has 106 valence electrons. The second-order valence-corrected chi connectivity index (χ2v) is 8.43. The van der Waals surface area contributed by atoms with Crippen LogP contribution in [0.15, 0.2) is 0 Å². The Morgan fingerprint density at radius 1 is 1.17 bits per heavy atom. The Labute approximate surface area is 111 Å². The van der Waals surface area contributed by atoms with Gasteiger partial charge in [-0.1, -0.05) is 26.2 Å². The third kappa shape index (κ3) is 2.89. The lowest BCUT2D eigenvalue weighted by molar-refractivity contribution is 0.181. The molecule has 1 saturated carbocycles. The van der Waals surface area contributed by atoms with Gasteiger partial charge in [-0.05, 0) is 37.6 Å². The van der Waals surface area contributed by atoms with Gasteiger partial charge in [0.15, 0.2) is 0 Å². The van der Waals surface area contributed by atoms with E-state index >= 15 is 0 Å². The van der Waals surface area contributed by atoms with Crippen LogP contribution >= 0.6 is 0 Å². The molecular formula is C13H26N2O2S. The molecule has 2 rings (SSSR count). The topological polar surface area (TPSA) is 63.4 Å². The molecule has 4 nitrogen and oxygen atoms in total. The number of piperidine rings is 1. The van der Waals surface area contributed by atoms with E-state index in [-0.39, 0.29) is 10.7 Å². The standard InChI is InChI=1S/C13H26N2O2S/c1-13(11-14)7-9-15(10-8-13)18(16,17)12-5-3-2-4-6-12/h12H,2-11,14H2,1H3. The van der Waals surface area contributed by atoms with E-state index in [4.69, 9.17) is 5.73 Å². The molecule has 5 heteroatoms. The summed E-state index contributed by atoms with van der Waals surface area (Å²) >= 11 is 0. The fourth-order valence-electron chi connectivity index (χ4n) is 3.06. The minimum Gasteiger partial charge on any atom is -0.330 e. The first-order valence-electron chi connectivity index (χ1n) is 7.17. The first-order valence-corrected chi connectivity index (χ1v) is 8.67. The van der Waals surface area contributed by atoms with Crippen molar-refractivity contribution in [3.05, 3.63) is 0 Å². The highest BCUT2D eigenvalue weighted by molar-refractivity contribution is 7.89. The molecule has 2 fully saturated rings. The maximum Gasteiger partial charge on any atom is 0.216 e. The average Bonchev–Trinajstić information content (AvgIpc) is 2.40. The quantitative estimate of drug-likeness (QED) is 0.852. The second-order valence-electron chi connectivity index (χ2n) is 6.22. The maximum atomic E-state index is 12.5. The van der Waals surface area contributed by atoms with Gasteiger partial charge in [-0.15, -0.1) is 0 Å². The van der Waals surface area contributed by atoms with Gasteiger partial charge in [0.25, 0.3) is 0 Å². The molecule has 18 heavy (non-hydrogen) atoms. The Kier molecular flexibility index (Phi) is 4.34. The Morgan fingerprint density at radius 2 is 1.72 bits per heavy atom. The zero-order chi connectivity index (χ0) is 13.2. The molecule has 2 N–H and O–H groups in total. The molecule has 2 aliphatic rings. The molecule has 0 aromatic carbocycles. The van der Waals surface area contributed by atoms with Gasteiger partial charge in [0.05, 0.1) is 5.25 Å². The van der Waals surface area contributed by atoms with Crippen LogP contribution in [0, 0.1) is 5.41 Å². The van der Waals surface area contributed by atoms with E-state index < -0.39 is 10.0 Å². The lowest BCUT2D eigenvalue weighted by Gasteiger charge is -2.39. The molecule has 0 spiro atoms. The van der Waals surface area contributed by atoms with Crippen LogP contribution in [0.2, 0.25) is 0 Å². The van der Waals surface area contributed by atoms with Gasteiger partial charge in [0, 0.05) is 13.1 Å². The number of nitrogens with two attached hydrogens (primary N) is 1. The van der Waals surface area contributed by atoms with Crippen molar-refractivity contribution in [3.8, 4) is 0 Å². The van der Waals surface area contributed by atoms with Gasteiger partial charge in [-0.3, -0.25) is 0 Å². The summed E-state index contributed by atoms with van der Waals surface area (Å²) in [5.41, 5.74) is 5.90. The molecule has 0 bridgehead atoms. The van der Waals surface area contributed by atoms with Gasteiger partial charge >= 0.3 is 0 Å². The Balaban J connectivity index is 1.99. The van der Waals surface area contributed by atoms with E-state index in [1.54, 1.807) is 4.31 Å². The summed E-state index contributed by atoms with van der Waals surface area (Å²) in [6.45, 7) is 4.14. The molecule has 1 heterocycles. The Hall–Kier alpha value is -0.130. The van der Waals surface area contributed by atoms with E-state index in [1.807, 2.05) is 0 Å². The van der Waals surface area contributed by atoms with Gasteiger partial charge in [-0.2, -0.15) is 0 Å². The lowest BCUT2D eigenvalue weighted by atomic mass is 9.81. The lowest BCUT2D eigenvalue weighted by Crippen LogP contribution is -2.48. The van der Waals surface area contributed by atoms with Crippen molar-refractivity contribution in [2.45, 2.75) is 57.1 Å². The summed E-state index contributed by atoms with van der Waals surface area (Å²) in [7, 11) is -3.05. The molecule has 1 saturated heterocycles. The van der Waals surface area contributed by atoms with Crippen LogP contribution in [0.3, 0.4) is 0 Å². The van der Waals surface area contributed by atoms with E-state index in [9.17, 15) is 8.42 Å². The fourth-order valence-corrected chi connectivity index (χ4v) is 5.10. The molecule has 0 aromatic rings. The monoisotopic (exact) mass is 274 g/mol. The number of rotatable bonds is 3. The molecular weight excluding hydrogens is 248 g/mol. The van der Waals surface area contributed by atoms with E-state index in [0.29, 0.717) is 19.6 Å². The fraction of sp³-hybridized carbons (Fsp3) is 1.00. The summed E-state index contributed by atoms with van der Waals surface area (Å²) in [6.07, 6.45) is 6.83. The smallest absolute Gasteiger partial charge is 0.216 e. The largest absolute Gasteiger partial charge is 0.330 e. The SMILES string of the molecule is CC1(CN)CCN(S(=O)(=O)C2CCCCC2)CC1. The predicted octanol–water partition coefficient (Wildman–Crippen LogP) is 1.71. The van der Waals surface area contributed by atoms with Crippen molar-refractivity contribution in [1.82, 2.24) is 4.31 Å². The van der Waals surface area contributed by atoms with Crippen molar-refractivity contribution >= 4 is 10.0 Å². The molecule has 0 atom stereocenters. The maximum absolute atomic E-state index is 12.5. The van der Waals surface area contributed by atoms with E-state index in [0.717, 1.165) is 38.5 Å². The van der Waals surface area contributed by atoms with Crippen LogP contribution in [0.25, 0.3) is 0 Å². The van der Waals surface area contributed by atoms with Gasteiger partial charge in [0.1, 0.15) is 0 Å². The minimum atomic E-state index is -3.05. The summed E-state index contributed by atoms with van der Waals surface area (Å²) in [6, 6.07) is 0. The molecule has 0 unspecified atom stereocenters. The normalized spacial score (nSPS) is 27.2. The van der Waals surface area contributed by atoms with Crippen LogP contribution in [-0.4, -0.2) is 37.6 Å². The highest BCUT2D eigenvalue weighted by Crippen LogP contribution is 2.33. The summed E-state index contributed by atoms with van der Waals surface area (Å²) in [5.74, 6) is 0. The van der Waals surface area contributed by atoms with Crippen LogP contribution in [0.1, 0.15) is 51.9 Å². The van der Waals surface area contributed by atoms with Crippen molar-refractivity contribution in [1.29, 1.82) is 0 Å². The van der Waals surface area contributed by atoms with Crippen molar-refractivity contribution < 1.29 is 8.42 Å².